The molecule has 0 saturated carbocycles. The fourth-order valence-corrected chi connectivity index (χ4v) is 2.60. The smallest absolute Gasteiger partial charge is 0.263 e. The molecule has 6 heteroatoms. The highest BCUT2D eigenvalue weighted by Gasteiger charge is 2.34. The number of carbonyl (C=O) groups excluding carboxylic acids is 1. The van der Waals surface area contributed by atoms with E-state index in [9.17, 15) is 9.18 Å². The number of amides is 1. The van der Waals surface area contributed by atoms with E-state index in [4.69, 9.17) is 4.74 Å². The number of para-hydroxylation sites is 1. The summed E-state index contributed by atoms with van der Waals surface area (Å²) in [5.74, 6) is -0.0217. The summed E-state index contributed by atoms with van der Waals surface area (Å²) in [4.78, 5) is 18.0. The molecule has 1 saturated heterocycles. The zero-order valence-electron chi connectivity index (χ0n) is 12.4. The van der Waals surface area contributed by atoms with Crippen LogP contribution in [0.15, 0.2) is 43.0 Å². The molecule has 1 atom stereocenters. The summed E-state index contributed by atoms with van der Waals surface area (Å²) < 4.78 is 21.0. The predicted molar refractivity (Wildman–Crippen MR) is 78.8 cm³/mol. The lowest BCUT2D eigenvalue weighted by molar-refractivity contribution is -0.144. The predicted octanol–water partition coefficient (Wildman–Crippen LogP) is 1.95. The van der Waals surface area contributed by atoms with Crippen LogP contribution in [0.5, 0.6) is 5.75 Å². The van der Waals surface area contributed by atoms with E-state index < -0.39 is 11.9 Å². The Hall–Kier alpha value is -2.37. The number of imidazole rings is 1. The molecule has 2 heterocycles. The Morgan fingerprint density at radius 3 is 2.91 bits per heavy atom. The first-order valence-corrected chi connectivity index (χ1v) is 7.29. The van der Waals surface area contributed by atoms with Gasteiger partial charge in [-0.3, -0.25) is 4.79 Å². The van der Waals surface area contributed by atoms with E-state index in [2.05, 4.69) is 4.98 Å². The summed E-state index contributed by atoms with van der Waals surface area (Å²) in [6.07, 6.45) is 4.74. The molecule has 0 bridgehead atoms. The Morgan fingerprint density at radius 2 is 2.23 bits per heavy atom. The van der Waals surface area contributed by atoms with Gasteiger partial charge in [0.2, 0.25) is 0 Å². The van der Waals surface area contributed by atoms with Crippen LogP contribution in [0.25, 0.3) is 0 Å². The molecule has 116 valence electrons. The first-order chi connectivity index (χ1) is 10.6. The Balaban J connectivity index is 1.49. The fraction of sp³-hybridized carbons (Fsp3) is 0.375. The average Bonchev–Trinajstić information content (AvgIpc) is 2.97. The quantitative estimate of drug-likeness (QED) is 0.848. The van der Waals surface area contributed by atoms with Crippen molar-refractivity contribution < 1.29 is 13.9 Å². The third-order valence-corrected chi connectivity index (χ3v) is 3.79. The van der Waals surface area contributed by atoms with Gasteiger partial charge in [0, 0.05) is 37.9 Å². The van der Waals surface area contributed by atoms with Crippen molar-refractivity contribution in [3.63, 3.8) is 0 Å². The number of hydrogen-bond donors (Lipinski definition) is 0. The molecule has 0 N–H and O–H groups in total. The number of benzene rings is 1. The molecule has 22 heavy (non-hydrogen) atoms. The Bertz CT molecular complexity index is 639. The van der Waals surface area contributed by atoms with Crippen LogP contribution in [-0.2, 0) is 11.3 Å². The molecule has 0 radical (unpaired) electrons. The van der Waals surface area contributed by atoms with Crippen molar-refractivity contribution in [2.24, 2.45) is 5.92 Å². The maximum atomic E-state index is 13.5. The lowest BCUT2D eigenvalue weighted by atomic mass is 9.99. The lowest BCUT2D eigenvalue weighted by Crippen LogP contribution is -2.54. The number of nitrogens with zero attached hydrogens (tertiary/aromatic N) is 3. The largest absolute Gasteiger partial charge is 0.478 e. The van der Waals surface area contributed by atoms with Gasteiger partial charge in [-0.25, -0.2) is 9.37 Å². The van der Waals surface area contributed by atoms with Crippen molar-refractivity contribution in [2.45, 2.75) is 19.6 Å². The number of rotatable bonds is 5. The standard InChI is InChI=1S/C16H18FN3O2/c1-12(22-15-5-3-2-4-14(15)17)16(21)20-9-13(10-20)8-19-7-6-18-11-19/h2-7,11-13H,8-10H2,1H3. The summed E-state index contributed by atoms with van der Waals surface area (Å²) >= 11 is 0. The zero-order chi connectivity index (χ0) is 15.5. The van der Waals surface area contributed by atoms with Crippen LogP contribution in [0.1, 0.15) is 6.92 Å². The highest BCUT2D eigenvalue weighted by molar-refractivity contribution is 5.81. The Labute approximate surface area is 128 Å². The van der Waals surface area contributed by atoms with Gasteiger partial charge in [-0.1, -0.05) is 12.1 Å². The van der Waals surface area contributed by atoms with E-state index in [0.29, 0.717) is 19.0 Å². The normalized spacial score (nSPS) is 16.2. The Kier molecular flexibility index (Phi) is 4.09. The van der Waals surface area contributed by atoms with Crippen LogP contribution in [0.4, 0.5) is 4.39 Å². The summed E-state index contributed by atoms with van der Waals surface area (Å²) in [6, 6.07) is 6.11. The van der Waals surface area contributed by atoms with Crippen LogP contribution < -0.4 is 4.74 Å². The van der Waals surface area contributed by atoms with Gasteiger partial charge in [0.15, 0.2) is 17.7 Å². The van der Waals surface area contributed by atoms with Crippen molar-refractivity contribution in [1.82, 2.24) is 14.5 Å². The minimum Gasteiger partial charge on any atom is -0.478 e. The van der Waals surface area contributed by atoms with Crippen molar-refractivity contribution >= 4 is 5.91 Å². The van der Waals surface area contributed by atoms with Crippen molar-refractivity contribution in [3.05, 3.63) is 48.8 Å². The van der Waals surface area contributed by atoms with Crippen LogP contribution in [0, 0.1) is 11.7 Å². The van der Waals surface area contributed by atoms with Crippen molar-refractivity contribution in [2.75, 3.05) is 13.1 Å². The number of carbonyl (C=O) groups is 1. The molecule has 1 aliphatic heterocycles. The molecule has 1 aromatic carbocycles. The van der Waals surface area contributed by atoms with Gasteiger partial charge in [-0.2, -0.15) is 0 Å². The molecular formula is C16H18FN3O2. The fourth-order valence-electron chi connectivity index (χ4n) is 2.60. The van der Waals surface area contributed by atoms with E-state index >= 15 is 0 Å². The van der Waals surface area contributed by atoms with E-state index in [1.807, 2.05) is 10.8 Å². The van der Waals surface area contributed by atoms with Crippen LogP contribution in [0.2, 0.25) is 0 Å². The van der Waals surface area contributed by atoms with Crippen molar-refractivity contribution in [1.29, 1.82) is 0 Å². The second-order valence-corrected chi connectivity index (χ2v) is 5.56. The molecular weight excluding hydrogens is 285 g/mol. The number of halogens is 1. The average molecular weight is 303 g/mol. The molecule has 1 fully saturated rings. The molecule has 1 aromatic heterocycles. The van der Waals surface area contributed by atoms with Gasteiger partial charge in [0.1, 0.15) is 0 Å². The van der Waals surface area contributed by atoms with E-state index in [0.717, 1.165) is 6.54 Å². The van der Waals surface area contributed by atoms with Gasteiger partial charge in [0.25, 0.3) is 5.91 Å². The van der Waals surface area contributed by atoms with Crippen LogP contribution in [0.3, 0.4) is 0 Å². The molecule has 3 rings (SSSR count). The number of ether oxygens (including phenoxy) is 1. The maximum absolute atomic E-state index is 13.5. The second-order valence-electron chi connectivity index (χ2n) is 5.56. The summed E-state index contributed by atoms with van der Waals surface area (Å²) in [7, 11) is 0. The molecule has 0 spiro atoms. The third kappa shape index (κ3) is 3.10. The van der Waals surface area contributed by atoms with E-state index in [-0.39, 0.29) is 11.7 Å². The third-order valence-electron chi connectivity index (χ3n) is 3.79. The SMILES string of the molecule is CC(Oc1ccccc1F)C(=O)N1CC(Cn2ccnc2)C1. The number of aromatic nitrogens is 2. The maximum Gasteiger partial charge on any atom is 0.263 e. The lowest BCUT2D eigenvalue weighted by Gasteiger charge is -2.40. The van der Waals surface area contributed by atoms with Crippen LogP contribution >= 0.6 is 0 Å². The topological polar surface area (TPSA) is 47.4 Å². The highest BCUT2D eigenvalue weighted by Crippen LogP contribution is 2.21. The van der Waals surface area contributed by atoms with Gasteiger partial charge >= 0.3 is 0 Å². The van der Waals surface area contributed by atoms with Gasteiger partial charge < -0.3 is 14.2 Å². The first-order valence-electron chi connectivity index (χ1n) is 7.29. The number of likely N-dealkylation sites (tertiary alicyclic amines) is 1. The molecule has 1 unspecified atom stereocenters. The summed E-state index contributed by atoms with van der Waals surface area (Å²) in [6.45, 7) is 3.90. The van der Waals surface area contributed by atoms with E-state index in [1.54, 1.807) is 36.5 Å². The molecule has 2 aromatic rings. The summed E-state index contributed by atoms with van der Waals surface area (Å²) in [5, 5.41) is 0. The molecule has 1 aliphatic rings. The highest BCUT2D eigenvalue weighted by atomic mass is 19.1. The van der Waals surface area contributed by atoms with Gasteiger partial charge in [-0.15, -0.1) is 0 Å². The summed E-state index contributed by atoms with van der Waals surface area (Å²) in [5.41, 5.74) is 0. The number of hydrogen-bond acceptors (Lipinski definition) is 3. The molecule has 5 nitrogen and oxygen atoms in total. The monoisotopic (exact) mass is 303 g/mol. The zero-order valence-corrected chi connectivity index (χ0v) is 12.4. The molecule has 1 amide bonds. The Morgan fingerprint density at radius 1 is 1.45 bits per heavy atom. The minimum absolute atomic E-state index is 0.106. The minimum atomic E-state index is -0.689. The van der Waals surface area contributed by atoms with Gasteiger partial charge in [-0.05, 0) is 19.1 Å². The van der Waals surface area contributed by atoms with Gasteiger partial charge in [0.05, 0.1) is 6.33 Å². The van der Waals surface area contributed by atoms with E-state index in [1.165, 1.54) is 12.1 Å². The molecule has 0 aliphatic carbocycles. The van der Waals surface area contributed by atoms with Crippen LogP contribution in [-0.4, -0.2) is 39.6 Å². The first kappa shape index (κ1) is 14.6. The second kappa shape index (κ2) is 6.17. The van der Waals surface area contributed by atoms with Crippen molar-refractivity contribution in [3.8, 4) is 5.75 Å².